The van der Waals surface area contributed by atoms with E-state index in [2.05, 4.69) is 5.10 Å². The molecule has 0 aliphatic carbocycles. The molecule has 0 spiro atoms. The van der Waals surface area contributed by atoms with Gasteiger partial charge in [-0.1, -0.05) is 12.1 Å². The van der Waals surface area contributed by atoms with Crippen molar-refractivity contribution in [3.63, 3.8) is 0 Å². The summed E-state index contributed by atoms with van der Waals surface area (Å²) >= 11 is 0. The lowest BCUT2D eigenvalue weighted by Crippen LogP contribution is -2.57. The largest absolute Gasteiger partial charge is 0.481 e. The molecule has 5 nitrogen and oxygen atoms in total. The summed E-state index contributed by atoms with van der Waals surface area (Å²) < 4.78 is 56.3. The molecule has 0 unspecified atom stereocenters. The Balaban J connectivity index is 2.07. The Labute approximate surface area is 116 Å². The maximum absolute atomic E-state index is 13.2. The molecule has 114 valence electrons. The molecule has 1 aromatic rings. The van der Waals surface area contributed by atoms with Gasteiger partial charge in [-0.15, -0.1) is 0 Å². The first-order chi connectivity index (χ1) is 9.75. The van der Waals surface area contributed by atoms with Gasteiger partial charge in [-0.25, -0.2) is 4.39 Å². The number of halogens is 4. The number of aliphatic hydroxyl groups is 1. The minimum absolute atomic E-state index is 0.103. The molecule has 1 heterocycles. The maximum Gasteiger partial charge on any atom is 0.438 e. The molecule has 0 fully saturated rings. The Bertz CT molecular complexity index is 576. The van der Waals surface area contributed by atoms with Gasteiger partial charge < -0.3 is 9.84 Å². The molecule has 21 heavy (non-hydrogen) atoms. The Morgan fingerprint density at radius 2 is 2.10 bits per heavy atom. The predicted octanol–water partition coefficient (Wildman–Crippen LogP) is 1.67. The van der Waals surface area contributed by atoms with Gasteiger partial charge in [-0.3, -0.25) is 4.79 Å². The normalized spacial score (nSPS) is 21.7. The molecule has 9 heteroatoms. The van der Waals surface area contributed by atoms with Crippen LogP contribution in [0.3, 0.4) is 0 Å². The van der Waals surface area contributed by atoms with Crippen LogP contribution in [0.1, 0.15) is 6.42 Å². The van der Waals surface area contributed by atoms with E-state index in [4.69, 9.17) is 4.74 Å². The van der Waals surface area contributed by atoms with E-state index in [9.17, 15) is 27.5 Å². The van der Waals surface area contributed by atoms with Crippen LogP contribution < -0.4 is 4.74 Å². The summed E-state index contributed by atoms with van der Waals surface area (Å²) in [5.74, 6) is -2.29. The van der Waals surface area contributed by atoms with E-state index in [0.717, 1.165) is 12.3 Å². The highest BCUT2D eigenvalue weighted by Gasteiger charge is 2.61. The SMILES string of the molecule is O=C(COc1ccccc1F)N1N=CC[C@@]1(O)C(F)(F)F. The third-order valence-corrected chi connectivity index (χ3v) is 2.80. The average molecular weight is 306 g/mol. The first kappa shape index (κ1) is 15.2. The molecule has 2 rings (SSSR count). The first-order valence-electron chi connectivity index (χ1n) is 5.77. The summed E-state index contributed by atoms with van der Waals surface area (Å²) in [4.78, 5) is 11.7. The van der Waals surface area contributed by atoms with Crippen LogP contribution in [-0.2, 0) is 4.79 Å². The van der Waals surface area contributed by atoms with E-state index in [0.29, 0.717) is 0 Å². The molecule has 1 atom stereocenters. The fourth-order valence-corrected chi connectivity index (χ4v) is 1.70. The van der Waals surface area contributed by atoms with Crippen molar-refractivity contribution in [3.05, 3.63) is 30.1 Å². The quantitative estimate of drug-likeness (QED) is 0.864. The number of carbonyl (C=O) groups is 1. The van der Waals surface area contributed by atoms with Gasteiger partial charge in [-0.05, 0) is 12.1 Å². The number of benzene rings is 1. The van der Waals surface area contributed by atoms with Crippen molar-refractivity contribution in [2.45, 2.75) is 18.3 Å². The van der Waals surface area contributed by atoms with Gasteiger partial charge in [0.2, 0.25) is 0 Å². The summed E-state index contributed by atoms with van der Waals surface area (Å²) in [6, 6.07) is 5.10. The molecule has 0 saturated carbocycles. The Hall–Kier alpha value is -2.16. The number of carbonyl (C=O) groups excluding carboxylic acids is 1. The molecule has 1 N–H and O–H groups in total. The van der Waals surface area contributed by atoms with Crippen LogP contribution in [0, 0.1) is 5.82 Å². The number of rotatable bonds is 3. The van der Waals surface area contributed by atoms with Gasteiger partial charge in [0, 0.05) is 12.6 Å². The highest BCUT2D eigenvalue weighted by molar-refractivity contribution is 5.81. The molecule has 0 bridgehead atoms. The zero-order chi connectivity index (χ0) is 15.7. The van der Waals surface area contributed by atoms with Crippen molar-refractivity contribution in [1.82, 2.24) is 5.01 Å². The zero-order valence-electron chi connectivity index (χ0n) is 10.5. The number of ether oxygens (including phenoxy) is 1. The fraction of sp³-hybridized carbons (Fsp3) is 0.333. The van der Waals surface area contributed by atoms with E-state index in [1.165, 1.54) is 18.2 Å². The number of nitrogens with zero attached hydrogens (tertiary/aromatic N) is 2. The minimum Gasteiger partial charge on any atom is -0.481 e. The van der Waals surface area contributed by atoms with Crippen LogP contribution in [0.25, 0.3) is 0 Å². The van der Waals surface area contributed by atoms with Gasteiger partial charge in [0.05, 0.1) is 0 Å². The Morgan fingerprint density at radius 1 is 1.43 bits per heavy atom. The lowest BCUT2D eigenvalue weighted by Gasteiger charge is -2.32. The number of amides is 1. The summed E-state index contributed by atoms with van der Waals surface area (Å²) in [6.07, 6.45) is -5.17. The van der Waals surface area contributed by atoms with Gasteiger partial charge in [0.1, 0.15) is 0 Å². The van der Waals surface area contributed by atoms with Crippen molar-refractivity contribution in [1.29, 1.82) is 0 Å². The molecule has 1 aliphatic rings. The average Bonchev–Trinajstić information content (AvgIpc) is 2.80. The van der Waals surface area contributed by atoms with Crippen LogP contribution in [-0.4, -0.2) is 40.7 Å². The predicted molar refractivity (Wildman–Crippen MR) is 62.9 cm³/mol. The Kier molecular flexibility index (Phi) is 3.86. The number of hydrogen-bond acceptors (Lipinski definition) is 4. The lowest BCUT2D eigenvalue weighted by atomic mass is 10.1. The van der Waals surface area contributed by atoms with E-state index >= 15 is 0 Å². The maximum atomic E-state index is 13.2. The lowest BCUT2D eigenvalue weighted by molar-refractivity contribution is -0.302. The number of alkyl halides is 3. The molecule has 0 saturated heterocycles. The van der Waals surface area contributed by atoms with Crippen LogP contribution in [0.4, 0.5) is 17.6 Å². The fourth-order valence-electron chi connectivity index (χ4n) is 1.70. The molecule has 1 aromatic carbocycles. The van der Waals surface area contributed by atoms with Crippen molar-refractivity contribution >= 4 is 12.1 Å². The van der Waals surface area contributed by atoms with E-state index in [1.54, 1.807) is 0 Å². The number of hydrogen-bond donors (Lipinski definition) is 1. The smallest absolute Gasteiger partial charge is 0.438 e. The summed E-state index contributed by atoms with van der Waals surface area (Å²) in [6.45, 7) is -0.892. The van der Waals surface area contributed by atoms with Crippen LogP contribution in [0.2, 0.25) is 0 Å². The number of hydrazone groups is 1. The topological polar surface area (TPSA) is 62.1 Å². The second-order valence-electron chi connectivity index (χ2n) is 4.24. The summed E-state index contributed by atoms with van der Waals surface area (Å²) in [5.41, 5.74) is -3.40. The summed E-state index contributed by atoms with van der Waals surface area (Å²) in [5, 5.41) is 12.6. The van der Waals surface area contributed by atoms with Gasteiger partial charge in [0.25, 0.3) is 11.6 Å². The van der Waals surface area contributed by atoms with Crippen LogP contribution in [0.5, 0.6) is 5.75 Å². The highest BCUT2D eigenvalue weighted by atomic mass is 19.4. The van der Waals surface area contributed by atoms with Crippen LogP contribution in [0.15, 0.2) is 29.4 Å². The van der Waals surface area contributed by atoms with Crippen molar-refractivity contribution in [2.75, 3.05) is 6.61 Å². The summed E-state index contributed by atoms with van der Waals surface area (Å²) in [7, 11) is 0. The van der Waals surface area contributed by atoms with E-state index < -0.39 is 36.7 Å². The van der Waals surface area contributed by atoms with Crippen molar-refractivity contribution in [2.24, 2.45) is 5.10 Å². The molecule has 0 radical (unpaired) electrons. The van der Waals surface area contributed by atoms with E-state index in [-0.39, 0.29) is 10.8 Å². The second-order valence-corrected chi connectivity index (χ2v) is 4.24. The Morgan fingerprint density at radius 3 is 2.71 bits per heavy atom. The third-order valence-electron chi connectivity index (χ3n) is 2.80. The van der Waals surface area contributed by atoms with Crippen molar-refractivity contribution in [3.8, 4) is 5.75 Å². The van der Waals surface area contributed by atoms with Gasteiger partial charge in [0.15, 0.2) is 18.2 Å². The molecule has 1 amide bonds. The van der Waals surface area contributed by atoms with Gasteiger partial charge >= 0.3 is 6.18 Å². The monoisotopic (exact) mass is 306 g/mol. The zero-order valence-corrected chi connectivity index (χ0v) is 10.5. The standard InChI is InChI=1S/C12H10F4N2O3/c13-8-3-1-2-4-9(8)21-7-10(19)18-11(20,5-6-17-18)12(14,15)16/h1-4,6,20H,5,7H2/t11-/m1/s1. The van der Waals surface area contributed by atoms with Crippen LogP contribution >= 0.6 is 0 Å². The van der Waals surface area contributed by atoms with Gasteiger partial charge in [-0.2, -0.15) is 23.3 Å². The van der Waals surface area contributed by atoms with Crippen molar-refractivity contribution < 1.29 is 32.2 Å². The van der Waals surface area contributed by atoms with E-state index in [1.807, 2.05) is 0 Å². The highest BCUT2D eigenvalue weighted by Crippen LogP contribution is 2.38. The molecular formula is C12H10F4N2O3. The molecule has 0 aromatic heterocycles. The minimum atomic E-state index is -5.07. The second kappa shape index (κ2) is 5.32. The molecular weight excluding hydrogens is 296 g/mol. The third kappa shape index (κ3) is 2.82. The first-order valence-corrected chi connectivity index (χ1v) is 5.77. The number of para-hydroxylation sites is 1. The molecule has 1 aliphatic heterocycles.